The Hall–Kier alpha value is -1.51. The first-order valence-electron chi connectivity index (χ1n) is 5.05. The van der Waals surface area contributed by atoms with Crippen molar-refractivity contribution in [2.75, 3.05) is 5.43 Å². The summed E-state index contributed by atoms with van der Waals surface area (Å²) in [5, 5.41) is 5.42. The zero-order chi connectivity index (χ0) is 12.1. The first-order chi connectivity index (χ1) is 8.25. The molecule has 2 aromatic rings. The lowest BCUT2D eigenvalue weighted by atomic mass is 10.2. The second kappa shape index (κ2) is 5.71. The summed E-state index contributed by atoms with van der Waals surface area (Å²) >= 11 is 11.8. The van der Waals surface area contributed by atoms with Gasteiger partial charge in [0.1, 0.15) is 0 Å². The van der Waals surface area contributed by atoms with Gasteiger partial charge in [-0.1, -0.05) is 47.5 Å². The van der Waals surface area contributed by atoms with Gasteiger partial charge in [0.25, 0.3) is 0 Å². The number of hydrogen-bond donors (Lipinski definition) is 1. The summed E-state index contributed by atoms with van der Waals surface area (Å²) in [6, 6.07) is 14.9. The van der Waals surface area contributed by atoms with Crippen molar-refractivity contribution in [1.82, 2.24) is 0 Å². The Morgan fingerprint density at radius 3 is 2.59 bits per heavy atom. The molecule has 0 atom stereocenters. The Morgan fingerprint density at radius 1 is 1.00 bits per heavy atom. The van der Waals surface area contributed by atoms with Gasteiger partial charge < -0.3 is 0 Å². The highest BCUT2D eigenvalue weighted by Crippen LogP contribution is 2.20. The van der Waals surface area contributed by atoms with Crippen LogP contribution in [0.15, 0.2) is 53.6 Å². The summed E-state index contributed by atoms with van der Waals surface area (Å²) in [7, 11) is 0. The van der Waals surface area contributed by atoms with Crippen molar-refractivity contribution in [2.45, 2.75) is 0 Å². The van der Waals surface area contributed by atoms with Gasteiger partial charge in [-0.05, 0) is 29.8 Å². The van der Waals surface area contributed by atoms with Crippen molar-refractivity contribution in [1.29, 1.82) is 0 Å². The van der Waals surface area contributed by atoms with E-state index in [0.717, 1.165) is 11.3 Å². The third-order valence-electron chi connectivity index (χ3n) is 2.12. The van der Waals surface area contributed by atoms with Crippen molar-refractivity contribution in [3.05, 3.63) is 64.1 Å². The fourth-order valence-electron chi connectivity index (χ4n) is 1.32. The average molecular weight is 265 g/mol. The highest BCUT2D eigenvalue weighted by Gasteiger charge is 1.95. The van der Waals surface area contributed by atoms with Crippen molar-refractivity contribution >= 4 is 35.1 Å². The Morgan fingerprint density at radius 2 is 1.82 bits per heavy atom. The number of anilines is 1. The molecule has 0 radical (unpaired) electrons. The molecule has 0 bridgehead atoms. The first-order valence-corrected chi connectivity index (χ1v) is 5.80. The van der Waals surface area contributed by atoms with Gasteiger partial charge in [0.05, 0.1) is 16.9 Å². The maximum atomic E-state index is 5.97. The van der Waals surface area contributed by atoms with E-state index >= 15 is 0 Å². The largest absolute Gasteiger partial charge is 0.277 e. The molecule has 86 valence electrons. The monoisotopic (exact) mass is 264 g/mol. The number of nitrogens with zero attached hydrogens (tertiary/aromatic N) is 1. The van der Waals surface area contributed by atoms with Gasteiger partial charge in [-0.25, -0.2) is 0 Å². The summed E-state index contributed by atoms with van der Waals surface area (Å²) in [5.74, 6) is 0. The Labute approximate surface area is 110 Å². The number of rotatable bonds is 3. The van der Waals surface area contributed by atoms with Crippen LogP contribution in [0, 0.1) is 0 Å². The maximum Gasteiger partial charge on any atom is 0.0748 e. The van der Waals surface area contributed by atoms with Crippen LogP contribution >= 0.6 is 23.2 Å². The van der Waals surface area contributed by atoms with E-state index in [0.29, 0.717) is 10.0 Å². The molecule has 0 heterocycles. The Bertz CT molecular complexity index is 538. The van der Waals surface area contributed by atoms with Gasteiger partial charge in [0.15, 0.2) is 0 Å². The number of hydrogen-bond acceptors (Lipinski definition) is 2. The molecule has 0 spiro atoms. The number of halogens is 2. The standard InChI is InChI=1S/C13H10Cl2N2/c14-11-5-3-4-10(8-11)9-16-17-13-7-2-1-6-12(13)15/h1-9,17H/b16-9-. The zero-order valence-corrected chi connectivity index (χ0v) is 10.4. The van der Waals surface area contributed by atoms with E-state index < -0.39 is 0 Å². The van der Waals surface area contributed by atoms with Crippen LogP contribution in [0.25, 0.3) is 0 Å². The predicted octanol–water partition coefficient (Wildman–Crippen LogP) is 4.44. The molecule has 2 nitrogen and oxygen atoms in total. The lowest BCUT2D eigenvalue weighted by molar-refractivity contribution is 1.35. The minimum Gasteiger partial charge on any atom is -0.277 e. The highest BCUT2D eigenvalue weighted by molar-refractivity contribution is 6.33. The Balaban J connectivity index is 2.06. The third-order valence-corrected chi connectivity index (χ3v) is 2.69. The molecular weight excluding hydrogens is 255 g/mol. The minimum atomic E-state index is 0.635. The summed E-state index contributed by atoms with van der Waals surface area (Å²) in [4.78, 5) is 0. The van der Waals surface area contributed by atoms with E-state index in [4.69, 9.17) is 23.2 Å². The molecule has 4 heteroatoms. The lowest BCUT2D eigenvalue weighted by Gasteiger charge is -2.01. The Kier molecular flexibility index (Phi) is 4.02. The smallest absolute Gasteiger partial charge is 0.0748 e. The molecule has 0 saturated carbocycles. The van der Waals surface area contributed by atoms with Crippen LogP contribution in [0.4, 0.5) is 5.69 Å². The summed E-state index contributed by atoms with van der Waals surface area (Å²) in [6.45, 7) is 0. The molecule has 0 aliphatic heterocycles. The van der Waals surface area contributed by atoms with E-state index in [-0.39, 0.29) is 0 Å². The van der Waals surface area contributed by atoms with E-state index in [2.05, 4.69) is 10.5 Å². The quantitative estimate of drug-likeness (QED) is 0.644. The van der Waals surface area contributed by atoms with Crippen LogP contribution < -0.4 is 5.43 Å². The van der Waals surface area contributed by atoms with Gasteiger partial charge in [-0.3, -0.25) is 5.43 Å². The molecule has 0 aliphatic carbocycles. The number of hydrazone groups is 1. The SMILES string of the molecule is Clc1cccc(/C=N\Nc2ccccc2Cl)c1. The average Bonchev–Trinajstić information content (AvgIpc) is 2.32. The van der Waals surface area contributed by atoms with Gasteiger partial charge >= 0.3 is 0 Å². The van der Waals surface area contributed by atoms with Crippen LogP contribution in [0.3, 0.4) is 0 Å². The summed E-state index contributed by atoms with van der Waals surface area (Å²) < 4.78 is 0. The van der Waals surface area contributed by atoms with E-state index in [1.54, 1.807) is 12.3 Å². The van der Waals surface area contributed by atoms with Crippen LogP contribution in [0.5, 0.6) is 0 Å². The summed E-state index contributed by atoms with van der Waals surface area (Å²) in [5.41, 5.74) is 4.57. The molecule has 0 aromatic heterocycles. The van der Waals surface area contributed by atoms with Crippen molar-refractivity contribution in [3.63, 3.8) is 0 Å². The molecule has 0 amide bonds. The normalized spacial score (nSPS) is 10.7. The molecule has 17 heavy (non-hydrogen) atoms. The molecule has 0 unspecified atom stereocenters. The zero-order valence-electron chi connectivity index (χ0n) is 8.90. The molecular formula is C13H10Cl2N2. The van der Waals surface area contributed by atoms with Gasteiger partial charge in [-0.15, -0.1) is 0 Å². The number of para-hydroxylation sites is 1. The van der Waals surface area contributed by atoms with Crippen LogP contribution in [0.2, 0.25) is 10.0 Å². The maximum absolute atomic E-state index is 5.97. The number of nitrogens with one attached hydrogen (secondary N) is 1. The topological polar surface area (TPSA) is 24.4 Å². The van der Waals surface area contributed by atoms with Gasteiger partial charge in [-0.2, -0.15) is 5.10 Å². The van der Waals surface area contributed by atoms with Crippen molar-refractivity contribution in [3.8, 4) is 0 Å². The second-order valence-electron chi connectivity index (χ2n) is 3.40. The third kappa shape index (κ3) is 3.48. The first kappa shape index (κ1) is 12.0. The van der Waals surface area contributed by atoms with Crippen molar-refractivity contribution < 1.29 is 0 Å². The highest BCUT2D eigenvalue weighted by atomic mass is 35.5. The molecule has 1 N–H and O–H groups in total. The van der Waals surface area contributed by atoms with Crippen LogP contribution in [0.1, 0.15) is 5.56 Å². The molecule has 0 aliphatic rings. The molecule has 2 aromatic carbocycles. The van der Waals surface area contributed by atoms with Crippen molar-refractivity contribution in [2.24, 2.45) is 5.10 Å². The van der Waals surface area contributed by atoms with Crippen LogP contribution in [-0.4, -0.2) is 6.21 Å². The summed E-state index contributed by atoms with van der Waals surface area (Å²) in [6.07, 6.45) is 1.69. The van der Waals surface area contributed by atoms with E-state index in [9.17, 15) is 0 Å². The van der Waals surface area contributed by atoms with E-state index in [1.165, 1.54) is 0 Å². The lowest BCUT2D eigenvalue weighted by Crippen LogP contribution is -1.91. The minimum absolute atomic E-state index is 0.635. The molecule has 0 fully saturated rings. The van der Waals surface area contributed by atoms with Crippen LogP contribution in [-0.2, 0) is 0 Å². The predicted molar refractivity (Wildman–Crippen MR) is 74.1 cm³/mol. The molecule has 0 saturated heterocycles. The fraction of sp³-hybridized carbons (Fsp3) is 0. The van der Waals surface area contributed by atoms with E-state index in [1.807, 2.05) is 42.5 Å². The number of benzene rings is 2. The molecule has 2 rings (SSSR count). The van der Waals surface area contributed by atoms with Gasteiger partial charge in [0, 0.05) is 5.02 Å². The van der Waals surface area contributed by atoms with Gasteiger partial charge in [0.2, 0.25) is 0 Å². The fourth-order valence-corrected chi connectivity index (χ4v) is 1.69. The second-order valence-corrected chi connectivity index (χ2v) is 4.25.